The molecule has 1 nitrogen and oxygen atoms in total. The molecule has 0 aliphatic carbocycles. The summed E-state index contributed by atoms with van der Waals surface area (Å²) in [7, 11) is 0. The summed E-state index contributed by atoms with van der Waals surface area (Å²) in [6.45, 7) is 3.13. The van der Waals surface area contributed by atoms with Gasteiger partial charge >= 0.3 is 0 Å². The van der Waals surface area contributed by atoms with E-state index in [1.54, 1.807) is 11.3 Å². The molecule has 0 aliphatic heterocycles. The van der Waals surface area contributed by atoms with E-state index in [2.05, 4.69) is 73.7 Å². The highest BCUT2D eigenvalue weighted by Gasteiger charge is 2.15. The van der Waals surface area contributed by atoms with Gasteiger partial charge in [0.25, 0.3) is 0 Å². The van der Waals surface area contributed by atoms with Gasteiger partial charge in [-0.1, -0.05) is 19.1 Å². The van der Waals surface area contributed by atoms with Crippen LogP contribution in [0.4, 0.5) is 0 Å². The largest absolute Gasteiger partial charge is 0.309 e. The monoisotopic (exact) mass is 419 g/mol. The van der Waals surface area contributed by atoms with Gasteiger partial charge in [0.2, 0.25) is 0 Å². The van der Waals surface area contributed by atoms with Gasteiger partial charge in [-0.05, 0) is 62.0 Å². The van der Waals surface area contributed by atoms with Crippen molar-refractivity contribution in [3.63, 3.8) is 0 Å². The Hall–Kier alpha value is 0.190. The van der Waals surface area contributed by atoms with E-state index in [0.717, 1.165) is 12.3 Å². The second kappa shape index (κ2) is 7.84. The fraction of sp³-hybridized carbons (Fsp3) is 0.286. The molecule has 19 heavy (non-hydrogen) atoms. The van der Waals surface area contributed by atoms with Gasteiger partial charge in [-0.2, -0.15) is 0 Å². The Labute approximate surface area is 139 Å². The Morgan fingerprint density at radius 1 is 1.21 bits per heavy atom. The highest BCUT2D eigenvalue weighted by Crippen LogP contribution is 2.34. The molecule has 1 atom stereocenters. The van der Waals surface area contributed by atoms with Crippen molar-refractivity contribution in [1.29, 1.82) is 0 Å². The fourth-order valence-corrected chi connectivity index (χ4v) is 5.23. The van der Waals surface area contributed by atoms with Crippen LogP contribution >= 0.6 is 55.0 Å². The lowest BCUT2D eigenvalue weighted by molar-refractivity contribution is 0.613. The average Bonchev–Trinajstić information content (AvgIpc) is 2.82. The summed E-state index contributed by atoms with van der Waals surface area (Å²) in [5.74, 6) is 1.02. The molecule has 102 valence electrons. The first-order chi connectivity index (χ1) is 9.22. The third-order valence-electron chi connectivity index (χ3n) is 2.65. The summed E-state index contributed by atoms with van der Waals surface area (Å²) in [5.41, 5.74) is 0. The third-order valence-corrected chi connectivity index (χ3v) is 6.76. The highest BCUT2D eigenvalue weighted by atomic mass is 79.9. The molecule has 0 radical (unpaired) electrons. The Morgan fingerprint density at radius 3 is 2.63 bits per heavy atom. The lowest BCUT2D eigenvalue weighted by atomic mass is 10.3. The summed E-state index contributed by atoms with van der Waals surface area (Å²) < 4.78 is 2.37. The molecular formula is C14H15Br2NS2. The summed E-state index contributed by atoms with van der Waals surface area (Å²) in [6.07, 6.45) is 0. The molecule has 0 aliphatic rings. The number of benzene rings is 1. The molecule has 0 saturated carbocycles. The quantitative estimate of drug-likeness (QED) is 0.600. The minimum atomic E-state index is 0.386. The standard InChI is InChI=1S/C14H15Br2NS2/c1-2-17-12(14-11(16)7-8-18-14)9-19-13-6-4-3-5-10(13)15/h3-8,12,17H,2,9H2,1H3. The van der Waals surface area contributed by atoms with Crippen LogP contribution in [-0.4, -0.2) is 12.3 Å². The lowest BCUT2D eigenvalue weighted by Crippen LogP contribution is -2.22. The molecule has 1 aromatic carbocycles. The molecule has 0 amide bonds. The second-order valence-corrected chi connectivity index (χ2v) is 7.70. The first-order valence-corrected chi connectivity index (χ1v) is 9.51. The number of halogens is 2. The molecule has 0 spiro atoms. The van der Waals surface area contributed by atoms with Crippen molar-refractivity contribution in [3.8, 4) is 0 Å². The summed E-state index contributed by atoms with van der Waals surface area (Å²) in [4.78, 5) is 2.67. The van der Waals surface area contributed by atoms with Crippen LogP contribution in [0.3, 0.4) is 0 Å². The van der Waals surface area contributed by atoms with Crippen LogP contribution in [0.5, 0.6) is 0 Å². The number of nitrogens with one attached hydrogen (secondary N) is 1. The van der Waals surface area contributed by atoms with Gasteiger partial charge in [0.15, 0.2) is 0 Å². The van der Waals surface area contributed by atoms with Gasteiger partial charge in [-0.25, -0.2) is 0 Å². The fourth-order valence-electron chi connectivity index (χ4n) is 1.76. The van der Waals surface area contributed by atoms with Crippen LogP contribution in [0.1, 0.15) is 17.8 Å². The second-order valence-electron chi connectivity index (χ2n) is 3.98. The zero-order valence-corrected chi connectivity index (χ0v) is 15.3. The van der Waals surface area contributed by atoms with Gasteiger partial charge in [-0.15, -0.1) is 23.1 Å². The maximum atomic E-state index is 3.63. The van der Waals surface area contributed by atoms with Crippen molar-refractivity contribution in [2.45, 2.75) is 17.9 Å². The Bertz CT molecular complexity index is 528. The normalized spacial score (nSPS) is 12.6. The van der Waals surface area contributed by atoms with Crippen LogP contribution < -0.4 is 5.32 Å². The summed E-state index contributed by atoms with van der Waals surface area (Å²) in [5, 5.41) is 5.69. The number of thiophene rings is 1. The molecule has 1 unspecified atom stereocenters. The maximum Gasteiger partial charge on any atom is 0.0521 e. The first kappa shape index (κ1) is 15.6. The van der Waals surface area contributed by atoms with Crippen molar-refractivity contribution in [2.75, 3.05) is 12.3 Å². The minimum absolute atomic E-state index is 0.386. The smallest absolute Gasteiger partial charge is 0.0521 e. The molecule has 5 heteroatoms. The van der Waals surface area contributed by atoms with Crippen LogP contribution in [-0.2, 0) is 0 Å². The highest BCUT2D eigenvalue weighted by molar-refractivity contribution is 9.10. The van der Waals surface area contributed by atoms with Crippen LogP contribution in [0.25, 0.3) is 0 Å². The van der Waals surface area contributed by atoms with E-state index < -0.39 is 0 Å². The molecular weight excluding hydrogens is 406 g/mol. The number of hydrogen-bond donors (Lipinski definition) is 1. The van der Waals surface area contributed by atoms with E-state index in [0.29, 0.717) is 6.04 Å². The Kier molecular flexibility index (Phi) is 6.42. The molecule has 1 N–H and O–H groups in total. The molecule has 1 aromatic heterocycles. The van der Waals surface area contributed by atoms with Crippen LogP contribution in [0, 0.1) is 0 Å². The minimum Gasteiger partial charge on any atom is -0.309 e. The summed E-state index contributed by atoms with van der Waals surface area (Å²) >= 11 is 10.9. The zero-order chi connectivity index (χ0) is 13.7. The number of rotatable bonds is 6. The van der Waals surface area contributed by atoms with Crippen molar-refractivity contribution < 1.29 is 0 Å². The molecule has 2 aromatic rings. The molecule has 0 saturated heterocycles. The van der Waals surface area contributed by atoms with E-state index in [4.69, 9.17) is 0 Å². The van der Waals surface area contributed by atoms with Crippen molar-refractivity contribution in [3.05, 3.63) is 49.5 Å². The van der Waals surface area contributed by atoms with E-state index in [9.17, 15) is 0 Å². The van der Waals surface area contributed by atoms with Gasteiger partial charge in [0.05, 0.1) is 6.04 Å². The predicted octanol–water partition coefficient (Wildman–Crippen LogP) is 5.72. The van der Waals surface area contributed by atoms with Crippen LogP contribution in [0.15, 0.2) is 49.6 Å². The molecule has 0 bridgehead atoms. The third kappa shape index (κ3) is 4.33. The average molecular weight is 421 g/mol. The van der Waals surface area contributed by atoms with E-state index in [1.165, 1.54) is 18.7 Å². The van der Waals surface area contributed by atoms with Crippen molar-refractivity contribution in [1.82, 2.24) is 5.32 Å². The van der Waals surface area contributed by atoms with Crippen molar-refractivity contribution in [2.24, 2.45) is 0 Å². The van der Waals surface area contributed by atoms with Crippen LogP contribution in [0.2, 0.25) is 0 Å². The lowest BCUT2D eigenvalue weighted by Gasteiger charge is -2.17. The number of hydrogen-bond acceptors (Lipinski definition) is 3. The maximum absolute atomic E-state index is 3.63. The van der Waals surface area contributed by atoms with Gasteiger partial charge < -0.3 is 5.32 Å². The summed E-state index contributed by atoms with van der Waals surface area (Å²) in [6, 6.07) is 10.9. The Morgan fingerprint density at radius 2 is 2.00 bits per heavy atom. The Balaban J connectivity index is 2.06. The predicted molar refractivity (Wildman–Crippen MR) is 93.3 cm³/mol. The van der Waals surface area contributed by atoms with E-state index in [1.807, 2.05) is 17.8 Å². The van der Waals surface area contributed by atoms with E-state index >= 15 is 0 Å². The van der Waals surface area contributed by atoms with Crippen molar-refractivity contribution >= 4 is 55.0 Å². The SMILES string of the molecule is CCNC(CSc1ccccc1Br)c1sccc1Br. The van der Waals surface area contributed by atoms with Gasteiger partial charge in [0, 0.05) is 24.5 Å². The molecule has 2 rings (SSSR count). The zero-order valence-electron chi connectivity index (χ0n) is 10.5. The van der Waals surface area contributed by atoms with E-state index in [-0.39, 0.29) is 0 Å². The molecule has 0 fully saturated rings. The van der Waals surface area contributed by atoms with Gasteiger partial charge in [0.1, 0.15) is 0 Å². The topological polar surface area (TPSA) is 12.0 Å². The van der Waals surface area contributed by atoms with Gasteiger partial charge in [-0.3, -0.25) is 0 Å². The number of thioether (sulfide) groups is 1. The first-order valence-electron chi connectivity index (χ1n) is 6.06. The molecule has 1 heterocycles.